The highest BCUT2D eigenvalue weighted by Gasteiger charge is 2.12. The molecule has 0 aliphatic heterocycles. The van der Waals surface area contributed by atoms with Crippen LogP contribution in [0, 0.1) is 0 Å². The second-order valence-corrected chi connectivity index (χ2v) is 6.32. The van der Waals surface area contributed by atoms with Crippen LogP contribution >= 0.6 is 11.3 Å². The number of hydrogen-bond acceptors (Lipinski definition) is 2. The zero-order valence-corrected chi connectivity index (χ0v) is 12.6. The lowest BCUT2D eigenvalue weighted by Crippen LogP contribution is -2.28. The Morgan fingerprint density at radius 3 is 2.47 bits per heavy atom. The Labute approximate surface area is 120 Å². The van der Waals surface area contributed by atoms with Crippen LogP contribution in [0.1, 0.15) is 36.6 Å². The van der Waals surface area contributed by atoms with Gasteiger partial charge in [0.15, 0.2) is 0 Å². The molecule has 1 atom stereocenters. The van der Waals surface area contributed by atoms with Crippen molar-refractivity contribution >= 4 is 11.3 Å². The van der Waals surface area contributed by atoms with Crippen molar-refractivity contribution in [1.82, 2.24) is 5.32 Å². The van der Waals surface area contributed by atoms with E-state index >= 15 is 0 Å². The largest absolute Gasteiger partial charge is 0.314 e. The molecule has 0 saturated carbocycles. The first kappa shape index (κ1) is 14.3. The molecule has 0 spiro atoms. The fourth-order valence-electron chi connectivity index (χ4n) is 2.26. The predicted molar refractivity (Wildman–Crippen MR) is 85.0 cm³/mol. The van der Waals surface area contributed by atoms with E-state index in [4.69, 9.17) is 0 Å². The molecule has 0 aliphatic carbocycles. The summed E-state index contributed by atoms with van der Waals surface area (Å²) in [4.78, 5) is 1.49. The lowest BCUT2D eigenvalue weighted by atomic mass is 9.93. The van der Waals surface area contributed by atoms with Gasteiger partial charge in [-0.15, -0.1) is 11.3 Å². The lowest BCUT2D eigenvalue weighted by molar-refractivity contribution is 0.509. The summed E-state index contributed by atoms with van der Waals surface area (Å²) in [5.74, 6) is 0.602. The van der Waals surface area contributed by atoms with Crippen molar-refractivity contribution in [3.63, 3.8) is 0 Å². The Morgan fingerprint density at radius 2 is 1.84 bits per heavy atom. The quantitative estimate of drug-likeness (QED) is 0.785. The third-order valence-corrected chi connectivity index (χ3v) is 4.30. The van der Waals surface area contributed by atoms with E-state index in [-0.39, 0.29) is 0 Å². The SMILES string of the molecule is CC(C)NCC(CCc1cccs1)c1ccccc1. The van der Waals surface area contributed by atoms with Crippen LogP contribution in [0.3, 0.4) is 0 Å². The van der Waals surface area contributed by atoms with Crippen LogP contribution in [-0.2, 0) is 6.42 Å². The van der Waals surface area contributed by atoms with E-state index in [0.29, 0.717) is 12.0 Å². The second kappa shape index (κ2) is 7.46. The Kier molecular flexibility index (Phi) is 5.62. The fourth-order valence-corrected chi connectivity index (χ4v) is 2.99. The molecular formula is C17H23NS. The van der Waals surface area contributed by atoms with Crippen LogP contribution in [0.15, 0.2) is 47.8 Å². The summed E-state index contributed by atoms with van der Waals surface area (Å²) in [7, 11) is 0. The number of rotatable bonds is 7. The van der Waals surface area contributed by atoms with Gasteiger partial charge in [0.25, 0.3) is 0 Å². The zero-order chi connectivity index (χ0) is 13.5. The molecule has 0 aliphatic rings. The molecule has 0 radical (unpaired) electrons. The standard InChI is InChI=1S/C17H23NS/c1-14(2)18-13-16(15-7-4-3-5-8-15)10-11-17-9-6-12-19-17/h3-9,12,14,16,18H,10-11,13H2,1-2H3. The first-order chi connectivity index (χ1) is 9.25. The van der Waals surface area contributed by atoms with Crippen LogP contribution in [-0.4, -0.2) is 12.6 Å². The third-order valence-electron chi connectivity index (χ3n) is 3.36. The summed E-state index contributed by atoms with van der Waals surface area (Å²) in [6.07, 6.45) is 2.39. The van der Waals surface area contributed by atoms with Gasteiger partial charge in [0.05, 0.1) is 0 Å². The minimum absolute atomic E-state index is 0.549. The summed E-state index contributed by atoms with van der Waals surface area (Å²) < 4.78 is 0. The van der Waals surface area contributed by atoms with Gasteiger partial charge < -0.3 is 5.32 Å². The minimum atomic E-state index is 0.549. The summed E-state index contributed by atoms with van der Waals surface area (Å²) >= 11 is 1.86. The van der Waals surface area contributed by atoms with Gasteiger partial charge >= 0.3 is 0 Å². The van der Waals surface area contributed by atoms with E-state index in [0.717, 1.165) is 6.54 Å². The first-order valence-corrected chi connectivity index (χ1v) is 7.94. The van der Waals surface area contributed by atoms with Gasteiger partial charge in [0.2, 0.25) is 0 Å². The number of thiophene rings is 1. The van der Waals surface area contributed by atoms with E-state index < -0.39 is 0 Å². The molecule has 1 N–H and O–H groups in total. The van der Waals surface area contributed by atoms with E-state index in [2.05, 4.69) is 67.0 Å². The van der Waals surface area contributed by atoms with Crippen molar-refractivity contribution in [2.75, 3.05) is 6.54 Å². The van der Waals surface area contributed by atoms with Gasteiger partial charge in [-0.25, -0.2) is 0 Å². The molecule has 2 rings (SSSR count). The number of nitrogens with one attached hydrogen (secondary N) is 1. The van der Waals surface area contributed by atoms with Gasteiger partial charge in [0.1, 0.15) is 0 Å². The molecule has 102 valence electrons. The molecule has 1 nitrogen and oxygen atoms in total. The van der Waals surface area contributed by atoms with Crippen molar-refractivity contribution < 1.29 is 0 Å². The predicted octanol–water partition coefficient (Wildman–Crippen LogP) is 4.46. The number of hydrogen-bond donors (Lipinski definition) is 1. The molecule has 2 aromatic rings. The average Bonchev–Trinajstić information content (AvgIpc) is 2.93. The monoisotopic (exact) mass is 273 g/mol. The highest BCUT2D eigenvalue weighted by molar-refractivity contribution is 7.09. The summed E-state index contributed by atoms with van der Waals surface area (Å²) in [5, 5.41) is 5.74. The van der Waals surface area contributed by atoms with Gasteiger partial charge in [-0.2, -0.15) is 0 Å². The van der Waals surface area contributed by atoms with Crippen LogP contribution in [0.25, 0.3) is 0 Å². The normalized spacial score (nSPS) is 12.8. The first-order valence-electron chi connectivity index (χ1n) is 7.06. The molecule has 1 unspecified atom stereocenters. The van der Waals surface area contributed by atoms with Crippen LogP contribution in [0.5, 0.6) is 0 Å². The highest BCUT2D eigenvalue weighted by atomic mass is 32.1. The number of aryl methyl sites for hydroxylation is 1. The minimum Gasteiger partial charge on any atom is -0.314 e. The average molecular weight is 273 g/mol. The molecule has 2 heteroatoms. The Hall–Kier alpha value is -1.12. The molecular weight excluding hydrogens is 250 g/mol. The van der Waals surface area contributed by atoms with Gasteiger partial charge in [-0.1, -0.05) is 50.2 Å². The van der Waals surface area contributed by atoms with Crippen molar-refractivity contribution in [3.8, 4) is 0 Å². The molecule has 0 amide bonds. The Morgan fingerprint density at radius 1 is 1.05 bits per heavy atom. The van der Waals surface area contributed by atoms with Crippen molar-refractivity contribution in [3.05, 3.63) is 58.3 Å². The van der Waals surface area contributed by atoms with E-state index in [1.54, 1.807) is 0 Å². The maximum absolute atomic E-state index is 3.58. The zero-order valence-electron chi connectivity index (χ0n) is 11.8. The maximum Gasteiger partial charge on any atom is 0.00454 e. The molecule has 1 heterocycles. The van der Waals surface area contributed by atoms with Crippen molar-refractivity contribution in [1.29, 1.82) is 0 Å². The Bertz CT molecular complexity index is 447. The van der Waals surface area contributed by atoms with Gasteiger partial charge in [0, 0.05) is 17.5 Å². The summed E-state index contributed by atoms with van der Waals surface area (Å²) in [6.45, 7) is 5.48. The third kappa shape index (κ3) is 4.81. The van der Waals surface area contributed by atoms with E-state index in [1.165, 1.54) is 23.3 Å². The van der Waals surface area contributed by atoms with Gasteiger partial charge in [-0.05, 0) is 35.8 Å². The van der Waals surface area contributed by atoms with E-state index in [9.17, 15) is 0 Å². The summed E-state index contributed by atoms with van der Waals surface area (Å²) in [6, 6.07) is 15.8. The Balaban J connectivity index is 1.97. The lowest BCUT2D eigenvalue weighted by Gasteiger charge is -2.19. The second-order valence-electron chi connectivity index (χ2n) is 5.29. The fraction of sp³-hybridized carbons (Fsp3) is 0.412. The summed E-state index contributed by atoms with van der Waals surface area (Å²) in [5.41, 5.74) is 1.45. The van der Waals surface area contributed by atoms with Crippen LogP contribution in [0.4, 0.5) is 0 Å². The molecule has 1 aromatic carbocycles. The maximum atomic E-state index is 3.58. The van der Waals surface area contributed by atoms with Crippen LogP contribution < -0.4 is 5.32 Å². The molecule has 0 fully saturated rings. The van der Waals surface area contributed by atoms with Gasteiger partial charge in [-0.3, -0.25) is 0 Å². The highest BCUT2D eigenvalue weighted by Crippen LogP contribution is 2.22. The topological polar surface area (TPSA) is 12.0 Å². The van der Waals surface area contributed by atoms with Crippen molar-refractivity contribution in [2.24, 2.45) is 0 Å². The molecule has 19 heavy (non-hydrogen) atoms. The molecule has 1 aromatic heterocycles. The molecule has 0 saturated heterocycles. The van der Waals surface area contributed by atoms with Crippen LogP contribution in [0.2, 0.25) is 0 Å². The smallest absolute Gasteiger partial charge is 0.00454 e. The molecule has 0 bridgehead atoms. The van der Waals surface area contributed by atoms with Crippen molar-refractivity contribution in [2.45, 2.75) is 38.6 Å². The van der Waals surface area contributed by atoms with E-state index in [1.807, 2.05) is 11.3 Å². The number of benzene rings is 1.